The van der Waals surface area contributed by atoms with Crippen LogP contribution < -0.4 is 0 Å². The van der Waals surface area contributed by atoms with Crippen molar-refractivity contribution in [1.82, 2.24) is 4.90 Å². The minimum absolute atomic E-state index is 0.794. The summed E-state index contributed by atoms with van der Waals surface area (Å²) < 4.78 is 0. The molecule has 0 amide bonds. The highest BCUT2D eigenvalue weighted by atomic mass is 15.2. The fraction of sp³-hybridized carbons (Fsp3) is 0.500. The molecule has 46 valence electrons. The molecule has 0 saturated heterocycles. The van der Waals surface area contributed by atoms with Crippen molar-refractivity contribution in [3.05, 3.63) is 12.2 Å². The molecule has 2 rings (SSSR count). The van der Waals surface area contributed by atoms with E-state index >= 15 is 0 Å². The molecular formula is C8H9N. The average molecular weight is 119 g/mol. The van der Waals surface area contributed by atoms with E-state index < -0.39 is 0 Å². The fourth-order valence-electron chi connectivity index (χ4n) is 1.02. The molecule has 1 heterocycles. The highest BCUT2D eigenvalue weighted by molar-refractivity contribution is 5.21. The van der Waals surface area contributed by atoms with E-state index in [0.29, 0.717) is 0 Å². The molecule has 1 fully saturated rings. The van der Waals surface area contributed by atoms with E-state index in [2.05, 4.69) is 22.9 Å². The van der Waals surface area contributed by atoms with Gasteiger partial charge in [-0.2, -0.15) is 0 Å². The molecule has 0 N–H and O–H groups in total. The predicted octanol–water partition coefficient (Wildman–Crippen LogP) is 0.982. The molecule has 2 aliphatic rings. The summed E-state index contributed by atoms with van der Waals surface area (Å²) in [6, 6.07) is 3.87. The van der Waals surface area contributed by atoms with Crippen LogP contribution in [0.25, 0.3) is 0 Å². The molecular weight excluding hydrogens is 110 g/mol. The second-order valence-corrected chi connectivity index (χ2v) is 2.54. The Hall–Kier alpha value is -0.900. The van der Waals surface area contributed by atoms with Crippen LogP contribution in [0.5, 0.6) is 0 Å². The summed E-state index contributed by atoms with van der Waals surface area (Å²) >= 11 is 0. The molecule has 0 radical (unpaired) electrons. The maximum Gasteiger partial charge on any atom is 0.0453 e. The molecule has 1 aliphatic carbocycles. The maximum absolute atomic E-state index is 3.08. The second-order valence-electron chi connectivity index (χ2n) is 2.54. The normalized spacial score (nSPS) is 23.3. The number of rotatable bonds is 1. The monoisotopic (exact) mass is 119 g/mol. The van der Waals surface area contributed by atoms with E-state index in [-0.39, 0.29) is 0 Å². The molecule has 0 aromatic carbocycles. The van der Waals surface area contributed by atoms with Gasteiger partial charge in [-0.15, -0.1) is 0 Å². The first-order valence-electron chi connectivity index (χ1n) is 3.39. The van der Waals surface area contributed by atoms with Crippen LogP contribution in [0.1, 0.15) is 12.8 Å². The van der Waals surface area contributed by atoms with E-state index in [1.54, 1.807) is 0 Å². The summed E-state index contributed by atoms with van der Waals surface area (Å²) in [4.78, 5) is 2.22. The Morgan fingerprint density at radius 3 is 2.89 bits per heavy atom. The van der Waals surface area contributed by atoms with Gasteiger partial charge in [-0.25, -0.2) is 0 Å². The summed E-state index contributed by atoms with van der Waals surface area (Å²) in [6.07, 6.45) is 6.75. The van der Waals surface area contributed by atoms with Gasteiger partial charge in [0.2, 0.25) is 0 Å². The molecule has 0 unspecified atom stereocenters. The van der Waals surface area contributed by atoms with Crippen molar-refractivity contribution < 1.29 is 0 Å². The van der Waals surface area contributed by atoms with E-state index in [9.17, 15) is 0 Å². The lowest BCUT2D eigenvalue weighted by molar-refractivity contribution is 0.428. The smallest absolute Gasteiger partial charge is 0.0453 e. The van der Waals surface area contributed by atoms with Crippen LogP contribution in [-0.4, -0.2) is 17.5 Å². The molecule has 1 nitrogen and oxygen atoms in total. The molecule has 1 aliphatic heterocycles. The lowest BCUT2D eigenvalue weighted by Crippen LogP contribution is -2.21. The zero-order chi connectivity index (χ0) is 6.10. The first-order valence-corrected chi connectivity index (χ1v) is 3.39. The fourth-order valence-corrected chi connectivity index (χ4v) is 1.02. The number of hydrogen-bond donors (Lipinski definition) is 0. The van der Waals surface area contributed by atoms with Crippen molar-refractivity contribution in [2.24, 2.45) is 0 Å². The third kappa shape index (κ3) is 0.929. The van der Waals surface area contributed by atoms with Crippen molar-refractivity contribution in [2.75, 3.05) is 6.54 Å². The maximum atomic E-state index is 3.08. The first kappa shape index (κ1) is 4.93. The minimum Gasteiger partial charge on any atom is -0.325 e. The van der Waals surface area contributed by atoms with Gasteiger partial charge in [0.05, 0.1) is 0 Å². The van der Waals surface area contributed by atoms with Gasteiger partial charge in [0.15, 0.2) is 0 Å². The summed E-state index contributed by atoms with van der Waals surface area (Å²) in [5.41, 5.74) is 0. The Morgan fingerprint density at radius 2 is 2.33 bits per heavy atom. The summed E-state index contributed by atoms with van der Waals surface area (Å²) in [6.45, 7) is 1.04. The zero-order valence-corrected chi connectivity index (χ0v) is 5.30. The second kappa shape index (κ2) is 1.80. The molecule has 0 atom stereocenters. The molecule has 0 aromatic heterocycles. The topological polar surface area (TPSA) is 3.24 Å². The standard InChI is InChI=1S/C8H9N/c1-2-6-9(7-3-1)8-4-5-8/h1-2,8H,4-6H2. The van der Waals surface area contributed by atoms with Crippen LogP contribution in [0.3, 0.4) is 0 Å². The van der Waals surface area contributed by atoms with Gasteiger partial charge < -0.3 is 4.90 Å². The summed E-state index contributed by atoms with van der Waals surface area (Å²) in [7, 11) is 0. The van der Waals surface area contributed by atoms with Crippen molar-refractivity contribution in [1.29, 1.82) is 0 Å². The van der Waals surface area contributed by atoms with E-state index in [0.717, 1.165) is 12.6 Å². The number of hydrogen-bond acceptors (Lipinski definition) is 1. The predicted molar refractivity (Wildman–Crippen MR) is 36.6 cm³/mol. The number of nitrogens with zero attached hydrogens (tertiary/aromatic N) is 1. The molecule has 0 aromatic rings. The highest BCUT2D eigenvalue weighted by Crippen LogP contribution is 2.26. The molecule has 9 heavy (non-hydrogen) atoms. The van der Waals surface area contributed by atoms with Gasteiger partial charge in [-0.1, -0.05) is 12.0 Å². The third-order valence-corrected chi connectivity index (χ3v) is 1.70. The largest absolute Gasteiger partial charge is 0.325 e. The van der Waals surface area contributed by atoms with Crippen LogP contribution in [0.2, 0.25) is 0 Å². The Balaban J connectivity index is 2.03. The lowest BCUT2D eigenvalue weighted by Gasteiger charge is -2.14. The van der Waals surface area contributed by atoms with Crippen LogP contribution in [0.15, 0.2) is 12.2 Å². The van der Waals surface area contributed by atoms with E-state index in [1.807, 2.05) is 6.08 Å². The molecule has 0 bridgehead atoms. The Bertz CT molecular complexity index is 190. The van der Waals surface area contributed by atoms with Gasteiger partial charge in [0, 0.05) is 18.6 Å². The van der Waals surface area contributed by atoms with Crippen LogP contribution in [-0.2, 0) is 0 Å². The third-order valence-electron chi connectivity index (χ3n) is 1.70. The SMILES string of the molecule is C1#CN(C2CC2)CC=C1. The Labute approximate surface area is 55.4 Å². The van der Waals surface area contributed by atoms with Crippen LogP contribution in [0, 0.1) is 12.0 Å². The lowest BCUT2D eigenvalue weighted by atomic mass is 10.4. The zero-order valence-electron chi connectivity index (χ0n) is 5.30. The molecule has 0 spiro atoms. The Morgan fingerprint density at radius 1 is 1.44 bits per heavy atom. The first-order chi connectivity index (χ1) is 4.47. The summed E-state index contributed by atoms with van der Waals surface area (Å²) in [5, 5.41) is 0. The van der Waals surface area contributed by atoms with E-state index in [4.69, 9.17) is 0 Å². The molecule has 1 heteroatoms. The Kier molecular flexibility index (Phi) is 0.989. The van der Waals surface area contributed by atoms with Gasteiger partial charge in [0.1, 0.15) is 0 Å². The van der Waals surface area contributed by atoms with E-state index in [1.165, 1.54) is 12.8 Å². The van der Waals surface area contributed by atoms with Gasteiger partial charge in [-0.3, -0.25) is 0 Å². The van der Waals surface area contributed by atoms with Gasteiger partial charge in [0.25, 0.3) is 0 Å². The van der Waals surface area contributed by atoms with Crippen molar-refractivity contribution >= 4 is 0 Å². The average Bonchev–Trinajstić information content (AvgIpc) is 2.71. The highest BCUT2D eigenvalue weighted by Gasteiger charge is 2.26. The van der Waals surface area contributed by atoms with Crippen molar-refractivity contribution in [3.8, 4) is 12.0 Å². The molecule has 1 saturated carbocycles. The van der Waals surface area contributed by atoms with Crippen LogP contribution >= 0.6 is 0 Å². The summed E-state index contributed by atoms with van der Waals surface area (Å²) in [5.74, 6) is 2.95. The van der Waals surface area contributed by atoms with Crippen LogP contribution in [0.4, 0.5) is 0 Å². The van der Waals surface area contributed by atoms with Crippen molar-refractivity contribution in [3.63, 3.8) is 0 Å². The minimum atomic E-state index is 0.794. The number of allylic oxidation sites excluding steroid dienone is 1. The van der Waals surface area contributed by atoms with Gasteiger partial charge >= 0.3 is 0 Å². The quantitative estimate of drug-likeness (QED) is 0.465. The van der Waals surface area contributed by atoms with Crippen molar-refractivity contribution in [2.45, 2.75) is 18.9 Å². The van der Waals surface area contributed by atoms with Gasteiger partial charge in [-0.05, 0) is 18.9 Å².